The summed E-state index contributed by atoms with van der Waals surface area (Å²) in [7, 11) is 0. The minimum absolute atomic E-state index is 0.0461. The summed E-state index contributed by atoms with van der Waals surface area (Å²) >= 11 is 0. The van der Waals surface area contributed by atoms with Gasteiger partial charge in [-0.15, -0.1) is 6.42 Å². The van der Waals surface area contributed by atoms with Gasteiger partial charge in [-0.1, -0.05) is 32.1 Å². The van der Waals surface area contributed by atoms with Crippen LogP contribution in [0.1, 0.15) is 45.4 Å². The van der Waals surface area contributed by atoms with Crippen LogP contribution >= 0.6 is 0 Å². The molecule has 0 radical (unpaired) electrons. The lowest BCUT2D eigenvalue weighted by Gasteiger charge is -2.18. The lowest BCUT2D eigenvalue weighted by atomic mass is 10.1. The number of terminal acetylenes is 1. The molecule has 2 N–H and O–H groups in total. The van der Waals surface area contributed by atoms with Gasteiger partial charge < -0.3 is 10.6 Å². The Bertz CT molecular complexity index is 249. The van der Waals surface area contributed by atoms with Crippen molar-refractivity contribution in [3.8, 4) is 12.3 Å². The molecule has 0 aromatic rings. The Morgan fingerprint density at radius 2 is 2.38 bits per heavy atom. The van der Waals surface area contributed by atoms with Crippen molar-refractivity contribution in [3.63, 3.8) is 0 Å². The van der Waals surface area contributed by atoms with Gasteiger partial charge in [0.1, 0.15) is 0 Å². The fourth-order valence-corrected chi connectivity index (χ4v) is 2.01. The highest BCUT2D eigenvalue weighted by Crippen LogP contribution is 2.09. The van der Waals surface area contributed by atoms with E-state index < -0.39 is 0 Å². The van der Waals surface area contributed by atoms with E-state index in [0.717, 1.165) is 38.6 Å². The summed E-state index contributed by atoms with van der Waals surface area (Å²) < 4.78 is 0. The van der Waals surface area contributed by atoms with Crippen molar-refractivity contribution >= 4 is 5.91 Å². The van der Waals surface area contributed by atoms with Gasteiger partial charge in [0.05, 0.1) is 12.1 Å². The van der Waals surface area contributed by atoms with Crippen LogP contribution in [0.3, 0.4) is 0 Å². The molecule has 0 saturated carbocycles. The Morgan fingerprint density at radius 1 is 1.56 bits per heavy atom. The minimum Gasteiger partial charge on any atom is -0.341 e. The molecule has 0 spiro atoms. The third kappa shape index (κ3) is 4.24. The number of hydrogen-bond donors (Lipinski definition) is 2. The number of amides is 1. The highest BCUT2D eigenvalue weighted by Gasteiger charge is 2.20. The van der Waals surface area contributed by atoms with Gasteiger partial charge in [-0.3, -0.25) is 4.79 Å². The number of carbonyl (C=O) groups is 1. The van der Waals surface area contributed by atoms with Crippen LogP contribution in [0.4, 0.5) is 0 Å². The average Bonchev–Trinajstić information content (AvgIpc) is 2.56. The fraction of sp³-hybridized carbons (Fsp3) is 0.769. The second-order valence-electron chi connectivity index (χ2n) is 4.37. The van der Waals surface area contributed by atoms with Gasteiger partial charge in [0.15, 0.2) is 0 Å². The van der Waals surface area contributed by atoms with E-state index in [1.165, 1.54) is 6.42 Å². The van der Waals surface area contributed by atoms with Gasteiger partial charge in [0.2, 0.25) is 5.91 Å². The lowest BCUT2D eigenvalue weighted by Crippen LogP contribution is -2.47. The van der Waals surface area contributed by atoms with Crippen molar-refractivity contribution in [2.45, 2.75) is 57.5 Å². The maximum Gasteiger partial charge on any atom is 0.238 e. The molecule has 1 fully saturated rings. The lowest BCUT2D eigenvalue weighted by molar-refractivity contribution is -0.123. The molecular formula is C13H22N2O. The van der Waals surface area contributed by atoms with Crippen LogP contribution in [-0.4, -0.2) is 24.5 Å². The number of carbonyl (C=O) groups excluding carboxylic acids is 1. The molecule has 3 nitrogen and oxygen atoms in total. The summed E-state index contributed by atoms with van der Waals surface area (Å²) in [5.41, 5.74) is 0. The predicted molar refractivity (Wildman–Crippen MR) is 65.9 cm³/mol. The zero-order chi connectivity index (χ0) is 11.8. The van der Waals surface area contributed by atoms with Crippen LogP contribution in [0.25, 0.3) is 0 Å². The van der Waals surface area contributed by atoms with E-state index >= 15 is 0 Å². The molecule has 1 saturated heterocycles. The van der Waals surface area contributed by atoms with E-state index in [0.29, 0.717) is 0 Å². The highest BCUT2D eigenvalue weighted by molar-refractivity contribution is 5.82. The third-order valence-corrected chi connectivity index (χ3v) is 2.97. The van der Waals surface area contributed by atoms with Crippen molar-refractivity contribution < 1.29 is 4.79 Å². The average molecular weight is 222 g/mol. The maximum atomic E-state index is 11.9. The van der Waals surface area contributed by atoms with Gasteiger partial charge in [0, 0.05) is 0 Å². The Hall–Kier alpha value is -1.01. The highest BCUT2D eigenvalue weighted by atomic mass is 16.2. The van der Waals surface area contributed by atoms with E-state index in [1.54, 1.807) is 0 Å². The molecule has 1 amide bonds. The van der Waals surface area contributed by atoms with Crippen molar-refractivity contribution in [3.05, 3.63) is 0 Å². The second-order valence-corrected chi connectivity index (χ2v) is 4.37. The van der Waals surface area contributed by atoms with Crippen LogP contribution in [0.15, 0.2) is 0 Å². The van der Waals surface area contributed by atoms with E-state index in [1.807, 2.05) is 0 Å². The van der Waals surface area contributed by atoms with Crippen LogP contribution in [0.2, 0.25) is 0 Å². The first kappa shape index (κ1) is 13.1. The first-order valence-electron chi connectivity index (χ1n) is 6.27. The Morgan fingerprint density at radius 3 is 3.06 bits per heavy atom. The van der Waals surface area contributed by atoms with Gasteiger partial charge in [-0.05, 0) is 25.8 Å². The van der Waals surface area contributed by atoms with Crippen LogP contribution in [-0.2, 0) is 4.79 Å². The standard InChI is InChI=1S/C13H22N2O/c1-3-8-11(4-2)15-13(16)12-9-6-5-7-10-14-12/h2,11-12,14H,3,5-10H2,1H3,(H,15,16). The summed E-state index contributed by atoms with van der Waals surface area (Å²) in [6.45, 7) is 3.01. The molecule has 16 heavy (non-hydrogen) atoms. The molecule has 0 aromatic carbocycles. The molecule has 3 heteroatoms. The van der Waals surface area contributed by atoms with Crippen molar-refractivity contribution in [1.29, 1.82) is 0 Å². The molecular weight excluding hydrogens is 200 g/mol. The quantitative estimate of drug-likeness (QED) is 0.707. The van der Waals surface area contributed by atoms with Gasteiger partial charge >= 0.3 is 0 Å². The van der Waals surface area contributed by atoms with Gasteiger partial charge in [-0.2, -0.15) is 0 Å². The van der Waals surface area contributed by atoms with E-state index in [-0.39, 0.29) is 18.0 Å². The molecule has 0 bridgehead atoms. The topological polar surface area (TPSA) is 41.1 Å². The Balaban J connectivity index is 2.40. The van der Waals surface area contributed by atoms with Crippen LogP contribution in [0.5, 0.6) is 0 Å². The maximum absolute atomic E-state index is 11.9. The smallest absolute Gasteiger partial charge is 0.238 e. The van der Waals surface area contributed by atoms with Gasteiger partial charge in [0.25, 0.3) is 0 Å². The molecule has 1 heterocycles. The molecule has 1 rings (SSSR count). The third-order valence-electron chi connectivity index (χ3n) is 2.97. The van der Waals surface area contributed by atoms with Crippen molar-refractivity contribution in [2.75, 3.05) is 6.54 Å². The SMILES string of the molecule is C#CC(CCC)NC(=O)C1CCCCCN1. The molecule has 90 valence electrons. The van der Waals surface area contributed by atoms with E-state index in [9.17, 15) is 4.79 Å². The number of hydrogen-bond acceptors (Lipinski definition) is 2. The number of rotatable bonds is 4. The summed E-state index contributed by atoms with van der Waals surface area (Å²) in [5.74, 6) is 2.70. The van der Waals surface area contributed by atoms with E-state index in [2.05, 4.69) is 23.5 Å². The first-order valence-corrected chi connectivity index (χ1v) is 6.27. The van der Waals surface area contributed by atoms with Crippen molar-refractivity contribution in [1.82, 2.24) is 10.6 Å². The minimum atomic E-state index is -0.109. The van der Waals surface area contributed by atoms with Crippen LogP contribution in [0, 0.1) is 12.3 Å². The fourth-order valence-electron chi connectivity index (χ4n) is 2.01. The van der Waals surface area contributed by atoms with Crippen LogP contribution < -0.4 is 10.6 Å². The van der Waals surface area contributed by atoms with E-state index in [4.69, 9.17) is 6.42 Å². The van der Waals surface area contributed by atoms with Crippen molar-refractivity contribution in [2.24, 2.45) is 0 Å². The zero-order valence-corrected chi connectivity index (χ0v) is 10.1. The Labute approximate surface area is 98.4 Å². The molecule has 2 unspecified atom stereocenters. The monoisotopic (exact) mass is 222 g/mol. The molecule has 0 aromatic heterocycles. The Kier molecular flexibility index (Phi) is 5.95. The van der Waals surface area contributed by atoms with Gasteiger partial charge in [-0.25, -0.2) is 0 Å². The summed E-state index contributed by atoms with van der Waals surface area (Å²) in [6.07, 6.45) is 11.7. The first-order chi connectivity index (χ1) is 7.77. The molecule has 1 aliphatic rings. The molecule has 1 aliphatic heterocycles. The summed E-state index contributed by atoms with van der Waals surface area (Å²) in [4.78, 5) is 11.9. The largest absolute Gasteiger partial charge is 0.341 e. The normalized spacial score (nSPS) is 22.9. The summed E-state index contributed by atoms with van der Waals surface area (Å²) in [6, 6.07) is -0.155. The predicted octanol–water partition coefficient (Wildman–Crippen LogP) is 1.44. The molecule has 2 atom stereocenters. The number of nitrogens with one attached hydrogen (secondary N) is 2. The molecule has 0 aliphatic carbocycles. The zero-order valence-electron chi connectivity index (χ0n) is 10.1. The summed E-state index contributed by atoms with van der Waals surface area (Å²) in [5, 5.41) is 6.20. The second kappa shape index (κ2) is 7.29.